The van der Waals surface area contributed by atoms with Gasteiger partial charge in [-0.15, -0.1) is 0 Å². The summed E-state index contributed by atoms with van der Waals surface area (Å²) in [5, 5.41) is 0. The predicted octanol–water partition coefficient (Wildman–Crippen LogP) is 7.94. The maximum atomic E-state index is 11.6. The summed E-state index contributed by atoms with van der Waals surface area (Å²) in [6, 6.07) is 3.07. The minimum absolute atomic E-state index is 0.226. The van der Waals surface area contributed by atoms with E-state index < -0.39 is 10.1 Å². The van der Waals surface area contributed by atoms with Crippen LogP contribution in [0.25, 0.3) is 11.1 Å². The van der Waals surface area contributed by atoms with Crippen molar-refractivity contribution in [1.29, 1.82) is 0 Å². The van der Waals surface area contributed by atoms with Crippen molar-refractivity contribution in [2.45, 2.75) is 4.90 Å². The molecule has 0 saturated carbocycles. The van der Waals surface area contributed by atoms with E-state index in [1.807, 2.05) is 0 Å². The second-order valence-electron chi connectivity index (χ2n) is 4.19. The van der Waals surface area contributed by atoms with Crippen LogP contribution in [0.15, 0.2) is 48.3 Å². The van der Waals surface area contributed by atoms with Gasteiger partial charge in [-0.05, 0) is 108 Å². The van der Waals surface area contributed by atoms with E-state index in [2.05, 4.69) is 112 Å². The molecule has 0 amide bonds. The van der Waals surface area contributed by atoms with Crippen molar-refractivity contribution in [1.82, 2.24) is 0 Å². The molecule has 3 nitrogen and oxygen atoms in total. The lowest BCUT2D eigenvalue weighted by Crippen LogP contribution is -2.01. The molecular weight excluding hydrogens is 784 g/mol. The molecule has 124 valence electrons. The largest absolute Gasteiger partial charge is 0.295 e. The fourth-order valence-corrected chi connectivity index (χ4v) is 7.51. The van der Waals surface area contributed by atoms with Gasteiger partial charge < -0.3 is 0 Å². The van der Waals surface area contributed by atoms with E-state index in [9.17, 15) is 13.0 Å². The van der Waals surface area contributed by atoms with E-state index in [4.69, 9.17) is 0 Å². The molecule has 23 heavy (non-hydrogen) atoms. The van der Waals surface area contributed by atoms with Gasteiger partial charge in [-0.3, -0.25) is 4.55 Å². The van der Waals surface area contributed by atoms with Crippen molar-refractivity contribution in [2.75, 3.05) is 0 Å². The van der Waals surface area contributed by atoms with Gasteiger partial charge in [0, 0.05) is 42.4 Å². The Morgan fingerprint density at radius 2 is 1.13 bits per heavy atom. The zero-order valence-electron chi connectivity index (χ0n) is 10.5. The topological polar surface area (TPSA) is 54.4 Å². The first-order chi connectivity index (χ1) is 10.5. The van der Waals surface area contributed by atoms with Crippen molar-refractivity contribution in [2.24, 2.45) is 0 Å². The van der Waals surface area contributed by atoms with E-state index in [-0.39, 0.29) is 9.37 Å². The maximum Gasteiger partial charge on any atom is 0.295 e. The van der Waals surface area contributed by atoms with Crippen LogP contribution in [0.4, 0.5) is 0 Å². The van der Waals surface area contributed by atoms with Gasteiger partial charge in [0.25, 0.3) is 10.1 Å². The van der Waals surface area contributed by atoms with E-state index in [0.29, 0.717) is 24.5 Å². The molecule has 2 rings (SSSR count). The predicted molar refractivity (Wildman–Crippen MR) is 116 cm³/mol. The van der Waals surface area contributed by atoms with E-state index >= 15 is 0 Å². The third-order valence-electron chi connectivity index (χ3n) is 2.76. The van der Waals surface area contributed by atoms with Crippen molar-refractivity contribution < 1.29 is 13.0 Å². The average molecular weight is 787 g/mol. The molecule has 1 N–H and O–H groups in total. The van der Waals surface area contributed by atoms with Crippen molar-refractivity contribution in [3.63, 3.8) is 0 Å². The molecule has 0 spiro atoms. The van der Waals surface area contributed by atoms with Crippen LogP contribution in [0.1, 0.15) is 0 Å². The third kappa shape index (κ3) is 4.18. The first-order valence-corrected chi connectivity index (χ1v) is 12.4. The van der Waals surface area contributed by atoms with Crippen molar-refractivity contribution in [3.05, 3.63) is 43.4 Å². The molecule has 0 aliphatic rings. The summed E-state index contributed by atoms with van der Waals surface area (Å²) in [4.78, 5) is -0.226. The highest BCUT2D eigenvalue weighted by molar-refractivity contribution is 9.16. The number of benzene rings is 2. The van der Waals surface area contributed by atoms with Crippen molar-refractivity contribution in [3.8, 4) is 11.1 Å². The van der Waals surface area contributed by atoms with Crippen LogP contribution >= 0.6 is 112 Å². The van der Waals surface area contributed by atoms with Crippen LogP contribution in [0.2, 0.25) is 0 Å². The highest BCUT2D eigenvalue weighted by atomic mass is 79.9. The molecule has 0 bridgehead atoms. The van der Waals surface area contributed by atoms with E-state index in [1.165, 1.54) is 6.07 Å². The summed E-state index contributed by atoms with van der Waals surface area (Å²) in [6.45, 7) is 0. The molecule has 0 aromatic heterocycles. The molecule has 2 aromatic rings. The highest BCUT2D eigenvalue weighted by Crippen LogP contribution is 2.51. The fourth-order valence-electron chi connectivity index (χ4n) is 1.78. The Balaban J connectivity index is 2.98. The van der Waals surface area contributed by atoms with Gasteiger partial charge in [0.15, 0.2) is 0 Å². The smallest absolute Gasteiger partial charge is 0.282 e. The molecule has 0 aliphatic carbocycles. The van der Waals surface area contributed by atoms with Gasteiger partial charge in [-0.25, -0.2) is 0 Å². The molecule has 0 aliphatic heterocycles. The number of hydrogen-bond donors (Lipinski definition) is 1. The molecule has 0 radical (unpaired) electrons. The maximum absolute atomic E-state index is 11.6. The molecular formula is C12H3Br7O3S. The van der Waals surface area contributed by atoms with Crippen LogP contribution in [0, 0.1) is 0 Å². The normalized spacial score (nSPS) is 11.8. The lowest BCUT2D eigenvalue weighted by Gasteiger charge is -2.16. The second-order valence-corrected chi connectivity index (χ2v) is 11.2. The summed E-state index contributed by atoms with van der Waals surface area (Å²) < 4.78 is 37.1. The second kappa shape index (κ2) is 7.75. The summed E-state index contributed by atoms with van der Waals surface area (Å²) in [6.07, 6.45) is 0. The molecule has 11 heteroatoms. The zero-order valence-corrected chi connectivity index (χ0v) is 22.4. The van der Waals surface area contributed by atoms with Gasteiger partial charge in [0.2, 0.25) is 0 Å². The number of rotatable bonds is 2. The Labute approximate surface area is 191 Å². The Bertz CT molecular complexity index is 896. The van der Waals surface area contributed by atoms with Crippen LogP contribution in [-0.2, 0) is 10.1 Å². The third-order valence-corrected chi connectivity index (χ3v) is 11.3. The SMILES string of the molecule is O=S(=O)(O)c1cc(Br)cc(-c2c(Br)c(Br)c(Br)c(Br)c2Br)c1Br. The van der Waals surface area contributed by atoms with Crippen molar-refractivity contribution >= 4 is 122 Å². The zero-order chi connectivity index (χ0) is 17.7. The lowest BCUT2D eigenvalue weighted by atomic mass is 10.1. The quantitative estimate of drug-likeness (QED) is 0.191. The molecule has 0 heterocycles. The monoisotopic (exact) mass is 779 g/mol. The molecule has 0 saturated heterocycles. The number of hydrogen-bond acceptors (Lipinski definition) is 2. The van der Waals surface area contributed by atoms with E-state index in [1.54, 1.807) is 6.07 Å². The van der Waals surface area contributed by atoms with Gasteiger partial charge >= 0.3 is 0 Å². The first kappa shape index (κ1) is 21.0. The Morgan fingerprint density at radius 1 is 0.696 bits per heavy atom. The van der Waals surface area contributed by atoms with E-state index in [0.717, 1.165) is 13.4 Å². The average Bonchev–Trinajstić information content (AvgIpc) is 2.45. The molecule has 2 aromatic carbocycles. The Morgan fingerprint density at radius 3 is 1.57 bits per heavy atom. The molecule has 0 fully saturated rings. The van der Waals surface area contributed by atoms with Crippen LogP contribution < -0.4 is 0 Å². The van der Waals surface area contributed by atoms with Crippen LogP contribution in [0.3, 0.4) is 0 Å². The van der Waals surface area contributed by atoms with Gasteiger partial charge in [0.05, 0.1) is 0 Å². The molecule has 0 unspecified atom stereocenters. The van der Waals surface area contributed by atoms with Gasteiger partial charge in [-0.1, -0.05) is 15.9 Å². The number of halogens is 7. The standard InChI is InChI=1S/C12H3Br7O3S/c13-3-1-4(7(14)5(2-3)23(20,21)22)6-8(15)10(17)12(19)11(18)9(6)16/h1-2H,(H,20,21,22). The minimum atomic E-state index is -4.38. The summed E-state index contributed by atoms with van der Waals surface area (Å²) in [5.74, 6) is 0. The molecule has 0 atom stereocenters. The van der Waals surface area contributed by atoms with Gasteiger partial charge in [0.1, 0.15) is 4.90 Å². The highest BCUT2D eigenvalue weighted by Gasteiger charge is 2.24. The van der Waals surface area contributed by atoms with Crippen LogP contribution in [0.5, 0.6) is 0 Å². The fraction of sp³-hybridized carbons (Fsp3) is 0. The first-order valence-electron chi connectivity index (χ1n) is 5.45. The lowest BCUT2D eigenvalue weighted by molar-refractivity contribution is 0.482. The van der Waals surface area contributed by atoms with Gasteiger partial charge in [-0.2, -0.15) is 8.42 Å². The summed E-state index contributed by atoms with van der Waals surface area (Å²) >= 11 is 24.0. The summed E-state index contributed by atoms with van der Waals surface area (Å²) in [5.41, 5.74) is 1.27. The Hall–Kier alpha value is 1.71. The Kier molecular flexibility index (Phi) is 7.09. The van der Waals surface area contributed by atoms with Crippen LogP contribution in [-0.4, -0.2) is 13.0 Å². The minimum Gasteiger partial charge on any atom is -0.282 e. The summed E-state index contributed by atoms with van der Waals surface area (Å²) in [7, 11) is -4.38.